The maximum Gasteiger partial charge on any atom is 0.191 e. The third-order valence-electron chi connectivity index (χ3n) is 4.82. The van der Waals surface area contributed by atoms with Crippen LogP contribution >= 0.6 is 11.3 Å². The van der Waals surface area contributed by atoms with Crippen molar-refractivity contribution < 1.29 is 0 Å². The Morgan fingerprint density at radius 3 is 2.89 bits per heavy atom. The number of aryl methyl sites for hydroxylation is 1. The van der Waals surface area contributed by atoms with Crippen molar-refractivity contribution in [1.29, 1.82) is 0 Å². The van der Waals surface area contributed by atoms with E-state index in [1.54, 1.807) is 11.3 Å². The highest BCUT2D eigenvalue weighted by Gasteiger charge is 2.48. The van der Waals surface area contributed by atoms with Crippen molar-refractivity contribution in [1.82, 2.24) is 14.8 Å². The van der Waals surface area contributed by atoms with Crippen molar-refractivity contribution in [3.8, 4) is 10.7 Å². The van der Waals surface area contributed by atoms with E-state index in [1.165, 1.54) is 19.3 Å². The average Bonchev–Trinajstić information content (AvgIpc) is 3.11. The van der Waals surface area contributed by atoms with E-state index < -0.39 is 0 Å². The van der Waals surface area contributed by atoms with Gasteiger partial charge in [-0.25, -0.2) is 4.98 Å². The Hall–Kier alpha value is -1.20. The number of rotatable bonds is 2. The van der Waals surface area contributed by atoms with Gasteiger partial charge in [-0.2, -0.15) is 5.10 Å². The third kappa shape index (κ3) is 1.68. The molecule has 19 heavy (non-hydrogen) atoms. The van der Waals surface area contributed by atoms with Gasteiger partial charge in [-0.05, 0) is 42.5 Å². The van der Waals surface area contributed by atoms with Gasteiger partial charge in [0, 0.05) is 19.0 Å². The fourth-order valence-electron chi connectivity index (χ4n) is 3.92. The van der Waals surface area contributed by atoms with Crippen molar-refractivity contribution in [3.05, 3.63) is 23.3 Å². The minimum Gasteiger partial charge on any atom is -0.327 e. The monoisotopic (exact) mass is 274 g/mol. The molecule has 2 N–H and O–H groups in total. The summed E-state index contributed by atoms with van der Waals surface area (Å²) in [4.78, 5) is 5.92. The van der Waals surface area contributed by atoms with Crippen molar-refractivity contribution in [2.24, 2.45) is 24.6 Å². The van der Waals surface area contributed by atoms with E-state index in [1.807, 2.05) is 17.8 Å². The van der Waals surface area contributed by atoms with Crippen LogP contribution in [0.1, 0.15) is 31.0 Å². The van der Waals surface area contributed by atoms with Gasteiger partial charge >= 0.3 is 0 Å². The molecule has 4 atom stereocenters. The second-order valence-corrected chi connectivity index (χ2v) is 6.78. The summed E-state index contributed by atoms with van der Waals surface area (Å²) in [6, 6.07) is 4.39. The summed E-state index contributed by atoms with van der Waals surface area (Å²) in [7, 11) is 2.00. The number of aromatic nitrogens is 3. The zero-order valence-electron chi connectivity index (χ0n) is 11.0. The van der Waals surface area contributed by atoms with Crippen LogP contribution < -0.4 is 5.73 Å². The number of hydrogen-bond acceptors (Lipinski definition) is 4. The summed E-state index contributed by atoms with van der Waals surface area (Å²) < 4.78 is 1.94. The number of thiophene rings is 1. The molecule has 2 bridgehead atoms. The molecule has 2 aliphatic carbocycles. The Bertz CT molecular complexity index is 587. The first kappa shape index (κ1) is 11.6. The maximum atomic E-state index is 6.41. The predicted octanol–water partition coefficient (Wildman–Crippen LogP) is 2.38. The van der Waals surface area contributed by atoms with E-state index in [4.69, 9.17) is 10.7 Å². The topological polar surface area (TPSA) is 56.7 Å². The van der Waals surface area contributed by atoms with E-state index in [0.717, 1.165) is 22.4 Å². The molecule has 2 aromatic heterocycles. The van der Waals surface area contributed by atoms with Crippen molar-refractivity contribution in [2.75, 3.05) is 0 Å². The first-order valence-corrected chi connectivity index (χ1v) is 7.82. The highest BCUT2D eigenvalue weighted by Crippen LogP contribution is 2.51. The smallest absolute Gasteiger partial charge is 0.191 e. The summed E-state index contributed by atoms with van der Waals surface area (Å²) in [6.45, 7) is 0. The molecule has 5 heteroatoms. The standard InChI is InChI=1S/C14H18N4S/c1-18-14(11-8-4-5-9(7-8)12(11)15)16-13(17-18)10-3-2-6-19-10/h2-3,6,8-9,11-12H,4-5,7,15H2,1H3. The number of fused-ring (bicyclic) bond motifs is 2. The number of nitrogens with two attached hydrogens (primary N) is 1. The van der Waals surface area contributed by atoms with Gasteiger partial charge in [-0.3, -0.25) is 4.68 Å². The lowest BCUT2D eigenvalue weighted by atomic mass is 9.84. The first-order valence-electron chi connectivity index (χ1n) is 6.94. The molecule has 0 aliphatic heterocycles. The van der Waals surface area contributed by atoms with Crippen LogP contribution in [0.3, 0.4) is 0 Å². The van der Waals surface area contributed by atoms with E-state index in [9.17, 15) is 0 Å². The lowest BCUT2D eigenvalue weighted by Crippen LogP contribution is -2.35. The summed E-state index contributed by atoms with van der Waals surface area (Å²) >= 11 is 1.69. The fraction of sp³-hybridized carbons (Fsp3) is 0.571. The number of nitrogens with zero attached hydrogens (tertiary/aromatic N) is 3. The van der Waals surface area contributed by atoms with Crippen LogP contribution in [0.5, 0.6) is 0 Å². The fourth-order valence-corrected chi connectivity index (χ4v) is 4.57. The van der Waals surface area contributed by atoms with Crippen molar-refractivity contribution >= 4 is 11.3 Å². The summed E-state index contributed by atoms with van der Waals surface area (Å²) in [5, 5.41) is 6.64. The number of hydrogen-bond donors (Lipinski definition) is 1. The van der Waals surface area contributed by atoms with Gasteiger partial charge < -0.3 is 5.73 Å². The van der Waals surface area contributed by atoms with Gasteiger partial charge in [0.15, 0.2) is 5.82 Å². The zero-order chi connectivity index (χ0) is 13.0. The lowest BCUT2D eigenvalue weighted by Gasteiger charge is -2.26. The van der Waals surface area contributed by atoms with Crippen molar-refractivity contribution in [2.45, 2.75) is 31.2 Å². The van der Waals surface area contributed by atoms with Crippen LogP contribution in [0.2, 0.25) is 0 Å². The zero-order valence-corrected chi connectivity index (χ0v) is 11.8. The van der Waals surface area contributed by atoms with Crippen LogP contribution in [0.15, 0.2) is 17.5 Å². The van der Waals surface area contributed by atoms with Crippen LogP contribution in [-0.4, -0.2) is 20.8 Å². The lowest BCUT2D eigenvalue weighted by molar-refractivity contribution is 0.346. The molecule has 2 aliphatic rings. The van der Waals surface area contributed by atoms with Crippen LogP contribution in [0, 0.1) is 11.8 Å². The Kier molecular flexibility index (Phi) is 2.53. The molecular formula is C14H18N4S. The Morgan fingerprint density at radius 1 is 1.37 bits per heavy atom. The normalized spacial score (nSPS) is 33.2. The third-order valence-corrected chi connectivity index (χ3v) is 5.68. The molecule has 0 radical (unpaired) electrons. The molecule has 2 fully saturated rings. The second kappa shape index (κ2) is 4.15. The van der Waals surface area contributed by atoms with Crippen LogP contribution in [0.4, 0.5) is 0 Å². The molecule has 4 nitrogen and oxygen atoms in total. The van der Waals surface area contributed by atoms with Gasteiger partial charge in [0.2, 0.25) is 0 Å². The van der Waals surface area contributed by atoms with E-state index >= 15 is 0 Å². The van der Waals surface area contributed by atoms with Gasteiger partial charge in [0.1, 0.15) is 5.82 Å². The molecule has 100 valence electrons. The Labute approximate surface area is 116 Å². The first-order chi connectivity index (χ1) is 9.24. The summed E-state index contributed by atoms with van der Waals surface area (Å²) in [5.41, 5.74) is 6.41. The molecule has 4 rings (SSSR count). The Balaban J connectivity index is 1.72. The largest absolute Gasteiger partial charge is 0.327 e. The maximum absolute atomic E-state index is 6.41. The van der Waals surface area contributed by atoms with Crippen LogP contribution in [0.25, 0.3) is 10.7 Å². The minimum absolute atomic E-state index is 0.276. The summed E-state index contributed by atoms with van der Waals surface area (Å²) in [6.07, 6.45) is 3.90. The van der Waals surface area contributed by atoms with Gasteiger partial charge in [0.25, 0.3) is 0 Å². The van der Waals surface area contributed by atoms with Gasteiger partial charge in [-0.1, -0.05) is 6.07 Å². The molecular weight excluding hydrogens is 256 g/mol. The molecule has 0 spiro atoms. The second-order valence-electron chi connectivity index (χ2n) is 5.83. The van der Waals surface area contributed by atoms with Gasteiger partial charge in [-0.15, -0.1) is 11.3 Å². The van der Waals surface area contributed by atoms with Crippen LogP contribution in [-0.2, 0) is 7.05 Å². The predicted molar refractivity (Wildman–Crippen MR) is 75.9 cm³/mol. The Morgan fingerprint density at radius 2 is 2.21 bits per heavy atom. The van der Waals surface area contributed by atoms with Gasteiger partial charge in [0.05, 0.1) is 4.88 Å². The highest BCUT2D eigenvalue weighted by atomic mass is 32.1. The van der Waals surface area contributed by atoms with E-state index in [2.05, 4.69) is 16.5 Å². The molecule has 0 amide bonds. The summed E-state index contributed by atoms with van der Waals surface area (Å²) in [5.74, 6) is 3.77. The van der Waals surface area contributed by atoms with Crippen molar-refractivity contribution in [3.63, 3.8) is 0 Å². The average molecular weight is 274 g/mol. The molecule has 0 aromatic carbocycles. The van der Waals surface area contributed by atoms with E-state index in [-0.39, 0.29) is 6.04 Å². The molecule has 4 unspecified atom stereocenters. The SMILES string of the molecule is Cn1nc(-c2cccs2)nc1C1C2CCC(C2)C1N. The molecule has 2 saturated carbocycles. The minimum atomic E-state index is 0.276. The molecule has 2 heterocycles. The quantitative estimate of drug-likeness (QED) is 0.914. The molecule has 2 aromatic rings. The van der Waals surface area contributed by atoms with E-state index in [0.29, 0.717) is 11.8 Å². The molecule has 0 saturated heterocycles. The highest BCUT2D eigenvalue weighted by molar-refractivity contribution is 7.13.